The Morgan fingerprint density at radius 1 is 0.262 bits per heavy atom. The average molecular weight is 535 g/mol. The molecular formula is C42H30. The second-order valence-corrected chi connectivity index (χ2v) is 11.3. The predicted octanol–water partition coefficient (Wildman–Crippen LogP) is 11.9. The van der Waals surface area contributed by atoms with Crippen LogP contribution in [0.2, 0.25) is 0 Å². The molecule has 0 bridgehead atoms. The Bertz CT molecular complexity index is 1890. The van der Waals surface area contributed by atoms with E-state index in [2.05, 4.69) is 159 Å². The highest BCUT2D eigenvalue weighted by Gasteiger charge is 2.24. The zero-order valence-electron chi connectivity index (χ0n) is 23.9. The van der Waals surface area contributed by atoms with Crippen LogP contribution in [0.3, 0.4) is 0 Å². The van der Waals surface area contributed by atoms with Crippen LogP contribution in [0, 0.1) is 13.8 Å². The van der Waals surface area contributed by atoms with E-state index < -0.39 is 0 Å². The Hall–Kier alpha value is -5.20. The first-order chi connectivity index (χ1) is 20.7. The standard InChI is InChI=1S/C42H30/c1-27-37(29-15-7-3-8-16-29)33-23-25-35-39(31-19-11-5-12-20-31)28(2)40(32-21-13-6-14-22-32)36-26-24-34(41(33)42(35)36)38(27)30-17-9-4-10-18-30/h3-26H,1-2H3. The maximum absolute atomic E-state index is 2.38. The Morgan fingerprint density at radius 2 is 0.476 bits per heavy atom. The van der Waals surface area contributed by atoms with Crippen molar-refractivity contribution in [3.8, 4) is 44.5 Å². The summed E-state index contributed by atoms with van der Waals surface area (Å²) in [4.78, 5) is 0. The molecule has 8 aromatic rings. The lowest BCUT2D eigenvalue weighted by atomic mass is 9.78. The van der Waals surface area contributed by atoms with Crippen molar-refractivity contribution in [2.45, 2.75) is 13.8 Å². The monoisotopic (exact) mass is 534 g/mol. The fourth-order valence-corrected chi connectivity index (χ4v) is 7.29. The van der Waals surface area contributed by atoms with E-state index in [1.54, 1.807) is 0 Å². The molecule has 0 fully saturated rings. The molecule has 0 heteroatoms. The quantitative estimate of drug-likeness (QED) is 0.197. The Labute approximate surface area is 246 Å². The Kier molecular flexibility index (Phi) is 5.69. The number of hydrogen-bond donors (Lipinski definition) is 0. The van der Waals surface area contributed by atoms with Crippen molar-refractivity contribution >= 4 is 32.3 Å². The van der Waals surface area contributed by atoms with Crippen molar-refractivity contribution in [2.75, 3.05) is 0 Å². The average Bonchev–Trinajstić information content (AvgIpc) is 3.05. The van der Waals surface area contributed by atoms with Gasteiger partial charge in [-0.05, 0) is 102 Å². The van der Waals surface area contributed by atoms with Crippen LogP contribution in [0.25, 0.3) is 76.8 Å². The maximum Gasteiger partial charge on any atom is -0.00137 e. The highest BCUT2D eigenvalue weighted by atomic mass is 14.3. The molecular weight excluding hydrogens is 504 g/mol. The molecule has 8 aromatic carbocycles. The van der Waals surface area contributed by atoms with Gasteiger partial charge in [-0.3, -0.25) is 0 Å². The van der Waals surface area contributed by atoms with E-state index in [9.17, 15) is 0 Å². The highest BCUT2D eigenvalue weighted by Crippen LogP contribution is 2.51. The van der Waals surface area contributed by atoms with E-state index in [0.717, 1.165) is 0 Å². The molecule has 0 unspecified atom stereocenters. The molecule has 0 spiro atoms. The normalized spacial score (nSPS) is 11.6. The third-order valence-electron chi connectivity index (χ3n) is 8.99. The number of rotatable bonds is 4. The number of benzene rings is 8. The van der Waals surface area contributed by atoms with E-state index in [4.69, 9.17) is 0 Å². The molecule has 198 valence electrons. The van der Waals surface area contributed by atoms with Gasteiger partial charge in [-0.2, -0.15) is 0 Å². The Morgan fingerprint density at radius 3 is 0.690 bits per heavy atom. The summed E-state index contributed by atoms with van der Waals surface area (Å²) < 4.78 is 0. The molecule has 0 aliphatic carbocycles. The van der Waals surface area contributed by atoms with E-state index in [0.29, 0.717) is 0 Å². The molecule has 0 heterocycles. The zero-order valence-corrected chi connectivity index (χ0v) is 23.9. The summed E-state index contributed by atoms with van der Waals surface area (Å²) in [5.41, 5.74) is 12.9. The van der Waals surface area contributed by atoms with Gasteiger partial charge in [0.2, 0.25) is 0 Å². The SMILES string of the molecule is Cc1c(-c2ccccc2)c2ccc3c(-c4ccccc4)c(C)c(-c4ccccc4)c4ccc(c1-c1ccccc1)c2c34. The number of hydrogen-bond acceptors (Lipinski definition) is 0. The van der Waals surface area contributed by atoms with E-state index in [-0.39, 0.29) is 0 Å². The highest BCUT2D eigenvalue weighted by molar-refractivity contribution is 6.33. The van der Waals surface area contributed by atoms with Crippen LogP contribution in [0.15, 0.2) is 146 Å². The van der Waals surface area contributed by atoms with Crippen molar-refractivity contribution in [2.24, 2.45) is 0 Å². The fraction of sp³-hybridized carbons (Fsp3) is 0.0476. The molecule has 0 aromatic heterocycles. The molecule has 0 atom stereocenters. The largest absolute Gasteiger partial charge is 0.0622 e. The molecule has 0 saturated carbocycles. The first-order valence-electron chi connectivity index (χ1n) is 14.7. The lowest BCUT2D eigenvalue weighted by Gasteiger charge is -2.25. The van der Waals surface area contributed by atoms with Crippen LogP contribution in [-0.2, 0) is 0 Å². The van der Waals surface area contributed by atoms with Gasteiger partial charge in [0.15, 0.2) is 0 Å². The molecule has 0 aliphatic rings. The molecule has 0 N–H and O–H groups in total. The van der Waals surface area contributed by atoms with Crippen LogP contribution in [0.4, 0.5) is 0 Å². The minimum Gasteiger partial charge on any atom is -0.0622 e. The van der Waals surface area contributed by atoms with Gasteiger partial charge in [0.05, 0.1) is 0 Å². The van der Waals surface area contributed by atoms with Gasteiger partial charge in [-0.25, -0.2) is 0 Å². The summed E-state index contributed by atoms with van der Waals surface area (Å²) in [6, 6.07) is 53.2. The van der Waals surface area contributed by atoms with Crippen LogP contribution >= 0.6 is 0 Å². The lowest BCUT2D eigenvalue weighted by Crippen LogP contribution is -1.98. The van der Waals surface area contributed by atoms with Crippen LogP contribution in [0.5, 0.6) is 0 Å². The Balaban J connectivity index is 1.64. The van der Waals surface area contributed by atoms with Gasteiger partial charge in [-0.1, -0.05) is 146 Å². The second-order valence-electron chi connectivity index (χ2n) is 11.3. The van der Waals surface area contributed by atoms with Gasteiger partial charge in [0.25, 0.3) is 0 Å². The molecule has 8 rings (SSSR count). The van der Waals surface area contributed by atoms with E-state index >= 15 is 0 Å². The van der Waals surface area contributed by atoms with Crippen LogP contribution < -0.4 is 0 Å². The summed E-state index contributed by atoms with van der Waals surface area (Å²) in [5, 5.41) is 7.95. The van der Waals surface area contributed by atoms with Crippen molar-refractivity contribution in [3.05, 3.63) is 157 Å². The smallest absolute Gasteiger partial charge is 0.00137 e. The molecule has 0 radical (unpaired) electrons. The van der Waals surface area contributed by atoms with E-state index in [1.165, 1.54) is 88.0 Å². The van der Waals surface area contributed by atoms with Gasteiger partial charge in [0.1, 0.15) is 0 Å². The first kappa shape index (κ1) is 24.6. The van der Waals surface area contributed by atoms with Gasteiger partial charge >= 0.3 is 0 Å². The van der Waals surface area contributed by atoms with Crippen molar-refractivity contribution < 1.29 is 0 Å². The summed E-state index contributed by atoms with van der Waals surface area (Å²) in [5.74, 6) is 0. The van der Waals surface area contributed by atoms with Crippen molar-refractivity contribution in [1.82, 2.24) is 0 Å². The minimum absolute atomic E-state index is 1.26. The van der Waals surface area contributed by atoms with Gasteiger partial charge in [0, 0.05) is 0 Å². The summed E-state index contributed by atoms with van der Waals surface area (Å²) in [6.07, 6.45) is 0. The summed E-state index contributed by atoms with van der Waals surface area (Å²) in [6.45, 7) is 4.60. The lowest BCUT2D eigenvalue weighted by molar-refractivity contribution is 1.48. The molecule has 0 nitrogen and oxygen atoms in total. The van der Waals surface area contributed by atoms with Gasteiger partial charge in [-0.15, -0.1) is 0 Å². The van der Waals surface area contributed by atoms with Crippen molar-refractivity contribution in [1.29, 1.82) is 0 Å². The molecule has 0 amide bonds. The topological polar surface area (TPSA) is 0 Å². The van der Waals surface area contributed by atoms with Gasteiger partial charge < -0.3 is 0 Å². The molecule has 42 heavy (non-hydrogen) atoms. The van der Waals surface area contributed by atoms with Crippen molar-refractivity contribution in [3.63, 3.8) is 0 Å². The molecule has 0 saturated heterocycles. The summed E-state index contributed by atoms with van der Waals surface area (Å²) >= 11 is 0. The third-order valence-corrected chi connectivity index (χ3v) is 8.99. The first-order valence-corrected chi connectivity index (χ1v) is 14.7. The van der Waals surface area contributed by atoms with E-state index in [1.807, 2.05) is 0 Å². The summed E-state index contributed by atoms with van der Waals surface area (Å²) in [7, 11) is 0. The zero-order chi connectivity index (χ0) is 28.2. The maximum atomic E-state index is 2.38. The fourth-order valence-electron chi connectivity index (χ4n) is 7.29. The predicted molar refractivity (Wildman–Crippen MR) is 181 cm³/mol. The molecule has 0 aliphatic heterocycles. The van der Waals surface area contributed by atoms with Crippen LogP contribution in [0.1, 0.15) is 11.1 Å². The minimum atomic E-state index is 1.26. The third kappa shape index (κ3) is 3.62. The van der Waals surface area contributed by atoms with Crippen LogP contribution in [-0.4, -0.2) is 0 Å². The second kappa shape index (κ2) is 9.72.